The van der Waals surface area contributed by atoms with E-state index in [1.807, 2.05) is 13.0 Å². The lowest BCUT2D eigenvalue weighted by atomic mass is 10.2. The molecule has 0 fully saturated rings. The van der Waals surface area contributed by atoms with Gasteiger partial charge in [0, 0.05) is 27.8 Å². The van der Waals surface area contributed by atoms with Gasteiger partial charge in [-0.2, -0.15) is 0 Å². The van der Waals surface area contributed by atoms with Crippen molar-refractivity contribution in [1.82, 2.24) is 4.57 Å². The number of nitrogens with zero attached hydrogens (tertiary/aromatic N) is 1. The number of rotatable bonds is 3. The molecule has 112 valence electrons. The fraction of sp³-hybridized carbons (Fsp3) is 0.118. The Labute approximate surface area is 132 Å². The number of fused-ring (bicyclic) bond motifs is 1. The van der Waals surface area contributed by atoms with E-state index in [-0.39, 0.29) is 18.3 Å². The Morgan fingerprint density at radius 1 is 1.23 bits per heavy atom. The Morgan fingerprint density at radius 2 is 2.05 bits per heavy atom. The predicted molar refractivity (Wildman–Crippen MR) is 86.7 cm³/mol. The Kier molecular flexibility index (Phi) is 3.86. The number of anilines is 1. The highest BCUT2D eigenvalue weighted by atomic mass is 35.5. The Hall–Kier alpha value is -2.33. The van der Waals surface area contributed by atoms with Crippen molar-refractivity contribution < 1.29 is 9.18 Å². The van der Waals surface area contributed by atoms with Crippen LogP contribution in [0.1, 0.15) is 5.56 Å². The summed E-state index contributed by atoms with van der Waals surface area (Å²) < 4.78 is 15.0. The molecule has 5 heteroatoms. The fourth-order valence-corrected chi connectivity index (χ4v) is 2.55. The summed E-state index contributed by atoms with van der Waals surface area (Å²) in [6.45, 7) is 2.06. The molecule has 0 aliphatic carbocycles. The molecule has 1 heterocycles. The SMILES string of the molecule is Cc1ccc(Cl)cc1NC(=O)Cn1ccc2cc(F)ccc21. The molecule has 1 N–H and O–H groups in total. The van der Waals surface area contributed by atoms with Crippen molar-refractivity contribution in [3.63, 3.8) is 0 Å². The second kappa shape index (κ2) is 5.81. The summed E-state index contributed by atoms with van der Waals surface area (Å²) in [7, 11) is 0. The zero-order chi connectivity index (χ0) is 15.7. The number of amides is 1. The Balaban J connectivity index is 1.80. The highest BCUT2D eigenvalue weighted by Gasteiger charge is 2.09. The number of hydrogen-bond donors (Lipinski definition) is 1. The molecule has 3 aromatic rings. The van der Waals surface area contributed by atoms with Crippen LogP contribution >= 0.6 is 11.6 Å². The summed E-state index contributed by atoms with van der Waals surface area (Å²) in [5.74, 6) is -0.448. The largest absolute Gasteiger partial charge is 0.338 e. The third-order valence-electron chi connectivity index (χ3n) is 3.52. The van der Waals surface area contributed by atoms with Gasteiger partial charge in [-0.3, -0.25) is 4.79 Å². The fourth-order valence-electron chi connectivity index (χ4n) is 2.38. The average molecular weight is 317 g/mol. The van der Waals surface area contributed by atoms with E-state index in [1.165, 1.54) is 12.1 Å². The molecule has 0 aliphatic rings. The third-order valence-corrected chi connectivity index (χ3v) is 3.76. The van der Waals surface area contributed by atoms with Crippen molar-refractivity contribution in [3.8, 4) is 0 Å². The van der Waals surface area contributed by atoms with E-state index >= 15 is 0 Å². The van der Waals surface area contributed by atoms with Crippen LogP contribution in [-0.4, -0.2) is 10.5 Å². The smallest absolute Gasteiger partial charge is 0.244 e. The molecular weight excluding hydrogens is 303 g/mol. The number of aryl methyl sites for hydroxylation is 1. The molecule has 0 saturated heterocycles. The first-order chi connectivity index (χ1) is 10.5. The van der Waals surface area contributed by atoms with Crippen molar-refractivity contribution in [1.29, 1.82) is 0 Å². The van der Waals surface area contributed by atoms with E-state index < -0.39 is 0 Å². The summed E-state index contributed by atoms with van der Waals surface area (Å²) >= 11 is 5.94. The first-order valence-corrected chi connectivity index (χ1v) is 7.21. The molecule has 3 rings (SSSR count). The van der Waals surface area contributed by atoms with Crippen molar-refractivity contribution in [2.45, 2.75) is 13.5 Å². The van der Waals surface area contributed by atoms with Gasteiger partial charge in [0.2, 0.25) is 5.91 Å². The summed E-state index contributed by atoms with van der Waals surface area (Å²) in [6, 6.07) is 11.6. The predicted octanol–water partition coefficient (Wildman–Crippen LogP) is 4.38. The van der Waals surface area contributed by atoms with Crippen LogP contribution in [0.4, 0.5) is 10.1 Å². The lowest BCUT2D eigenvalue weighted by molar-refractivity contribution is -0.116. The number of carbonyl (C=O) groups excluding carboxylic acids is 1. The maximum Gasteiger partial charge on any atom is 0.244 e. The van der Waals surface area contributed by atoms with Gasteiger partial charge in [-0.05, 0) is 48.9 Å². The van der Waals surface area contributed by atoms with Gasteiger partial charge in [-0.25, -0.2) is 4.39 Å². The van der Waals surface area contributed by atoms with Gasteiger partial charge < -0.3 is 9.88 Å². The summed E-state index contributed by atoms with van der Waals surface area (Å²) in [5, 5.41) is 4.19. The number of aromatic nitrogens is 1. The minimum Gasteiger partial charge on any atom is -0.338 e. The summed E-state index contributed by atoms with van der Waals surface area (Å²) in [6.07, 6.45) is 1.77. The zero-order valence-corrected chi connectivity index (χ0v) is 12.7. The topological polar surface area (TPSA) is 34.0 Å². The molecule has 0 atom stereocenters. The van der Waals surface area contributed by atoms with Gasteiger partial charge in [-0.1, -0.05) is 17.7 Å². The van der Waals surface area contributed by atoms with Crippen LogP contribution in [0.15, 0.2) is 48.7 Å². The summed E-state index contributed by atoms with van der Waals surface area (Å²) in [5.41, 5.74) is 2.46. The molecule has 2 aromatic carbocycles. The van der Waals surface area contributed by atoms with Gasteiger partial charge in [0.25, 0.3) is 0 Å². The van der Waals surface area contributed by atoms with Crippen molar-refractivity contribution in [2.24, 2.45) is 0 Å². The normalized spacial score (nSPS) is 10.9. The first kappa shape index (κ1) is 14.6. The minimum atomic E-state index is -0.288. The van der Waals surface area contributed by atoms with E-state index in [1.54, 1.807) is 35.0 Å². The van der Waals surface area contributed by atoms with Gasteiger partial charge >= 0.3 is 0 Å². The minimum absolute atomic E-state index is 0.154. The number of hydrogen-bond acceptors (Lipinski definition) is 1. The third kappa shape index (κ3) is 2.97. The molecule has 1 amide bonds. The van der Waals surface area contributed by atoms with Crippen molar-refractivity contribution in [3.05, 3.63) is 65.1 Å². The highest BCUT2D eigenvalue weighted by molar-refractivity contribution is 6.31. The molecule has 0 saturated carbocycles. The van der Waals surface area contributed by atoms with Gasteiger partial charge in [0.05, 0.1) is 0 Å². The Morgan fingerprint density at radius 3 is 2.86 bits per heavy atom. The summed E-state index contributed by atoms with van der Waals surface area (Å²) in [4.78, 5) is 12.2. The number of carbonyl (C=O) groups is 1. The van der Waals surface area contributed by atoms with Crippen LogP contribution in [0.3, 0.4) is 0 Å². The standard InChI is InChI=1S/C17H14ClFN2O/c1-11-2-3-13(18)9-15(11)20-17(22)10-21-7-6-12-8-14(19)4-5-16(12)21/h2-9H,10H2,1H3,(H,20,22). The first-order valence-electron chi connectivity index (χ1n) is 6.83. The lowest BCUT2D eigenvalue weighted by Crippen LogP contribution is -2.18. The average Bonchev–Trinajstić information content (AvgIpc) is 2.85. The van der Waals surface area contributed by atoms with E-state index in [4.69, 9.17) is 11.6 Å². The van der Waals surface area contributed by atoms with Crippen LogP contribution in [-0.2, 0) is 11.3 Å². The van der Waals surface area contributed by atoms with Crippen LogP contribution in [0, 0.1) is 12.7 Å². The van der Waals surface area contributed by atoms with E-state index in [0.717, 1.165) is 16.5 Å². The maximum absolute atomic E-state index is 13.2. The van der Waals surface area contributed by atoms with E-state index in [2.05, 4.69) is 5.32 Å². The molecule has 0 spiro atoms. The molecule has 0 radical (unpaired) electrons. The lowest BCUT2D eigenvalue weighted by Gasteiger charge is -2.10. The molecule has 0 bridgehead atoms. The quantitative estimate of drug-likeness (QED) is 0.764. The highest BCUT2D eigenvalue weighted by Crippen LogP contribution is 2.21. The number of nitrogens with one attached hydrogen (secondary N) is 1. The number of halogens is 2. The van der Waals surface area contributed by atoms with Crippen LogP contribution < -0.4 is 5.32 Å². The van der Waals surface area contributed by atoms with Gasteiger partial charge in [0.1, 0.15) is 12.4 Å². The molecular formula is C17H14ClFN2O. The molecule has 0 unspecified atom stereocenters. The molecule has 0 aliphatic heterocycles. The van der Waals surface area contributed by atoms with Gasteiger partial charge in [0.15, 0.2) is 0 Å². The van der Waals surface area contributed by atoms with E-state index in [9.17, 15) is 9.18 Å². The van der Waals surface area contributed by atoms with E-state index in [0.29, 0.717) is 10.7 Å². The number of benzene rings is 2. The van der Waals surface area contributed by atoms with Crippen molar-refractivity contribution in [2.75, 3.05) is 5.32 Å². The maximum atomic E-state index is 13.2. The second-order valence-corrected chi connectivity index (χ2v) is 5.59. The monoisotopic (exact) mass is 316 g/mol. The van der Waals surface area contributed by atoms with Crippen LogP contribution in [0.25, 0.3) is 10.9 Å². The molecule has 1 aromatic heterocycles. The molecule has 3 nitrogen and oxygen atoms in total. The Bertz CT molecular complexity index is 857. The van der Waals surface area contributed by atoms with Gasteiger partial charge in [-0.15, -0.1) is 0 Å². The molecule has 22 heavy (non-hydrogen) atoms. The van der Waals surface area contributed by atoms with Crippen molar-refractivity contribution >= 4 is 34.1 Å². The second-order valence-electron chi connectivity index (χ2n) is 5.15. The van der Waals surface area contributed by atoms with Crippen LogP contribution in [0.2, 0.25) is 5.02 Å². The zero-order valence-electron chi connectivity index (χ0n) is 11.9. The van der Waals surface area contributed by atoms with Crippen LogP contribution in [0.5, 0.6) is 0 Å².